The lowest BCUT2D eigenvalue weighted by molar-refractivity contribution is -0.121. The molecule has 1 N–H and O–H groups in total. The van der Waals surface area contributed by atoms with E-state index >= 15 is 0 Å². The third-order valence-corrected chi connectivity index (χ3v) is 4.49. The molecule has 3 rings (SSSR count). The van der Waals surface area contributed by atoms with E-state index in [1.165, 1.54) is 16.3 Å². The van der Waals surface area contributed by atoms with E-state index in [0.29, 0.717) is 11.3 Å². The van der Waals surface area contributed by atoms with Crippen LogP contribution in [0.1, 0.15) is 24.5 Å². The van der Waals surface area contributed by atoms with Gasteiger partial charge in [0.15, 0.2) is 0 Å². The van der Waals surface area contributed by atoms with Crippen molar-refractivity contribution in [1.29, 1.82) is 0 Å². The van der Waals surface area contributed by atoms with Crippen molar-refractivity contribution < 1.29 is 13.6 Å². The molecule has 1 heterocycles. The second-order valence-electron chi connectivity index (χ2n) is 6.63. The first-order valence-electron chi connectivity index (χ1n) is 9.34. The molecule has 0 saturated carbocycles. The molecule has 1 aromatic heterocycles. The van der Waals surface area contributed by atoms with Crippen LogP contribution in [0.2, 0.25) is 0 Å². The summed E-state index contributed by atoms with van der Waals surface area (Å²) in [6.45, 7) is 2.17. The van der Waals surface area contributed by atoms with Gasteiger partial charge in [0.25, 0.3) is 5.56 Å². The van der Waals surface area contributed by atoms with Crippen molar-refractivity contribution in [1.82, 2.24) is 15.1 Å². The fraction of sp³-hybridized carbons (Fsp3) is 0.227. The standard InChI is InChI=1S/C22H21F2N3O2/c1-2-15-3-5-17(6-4-15)20-7-8-22(29)27(26-20)10-9-21(28)25-14-16-11-18(23)13-19(24)12-16/h3-8,11-13H,2,9-10,14H2,1H3,(H,25,28). The minimum atomic E-state index is -0.700. The van der Waals surface area contributed by atoms with Crippen molar-refractivity contribution in [2.75, 3.05) is 0 Å². The first-order valence-corrected chi connectivity index (χ1v) is 9.34. The predicted molar refractivity (Wildman–Crippen MR) is 106 cm³/mol. The number of nitrogens with one attached hydrogen (secondary N) is 1. The van der Waals surface area contributed by atoms with E-state index in [1.807, 2.05) is 24.3 Å². The fourth-order valence-electron chi connectivity index (χ4n) is 2.88. The molecule has 0 bridgehead atoms. The van der Waals surface area contributed by atoms with Gasteiger partial charge in [-0.1, -0.05) is 31.2 Å². The summed E-state index contributed by atoms with van der Waals surface area (Å²) in [5, 5.41) is 6.92. The van der Waals surface area contributed by atoms with Crippen LogP contribution < -0.4 is 10.9 Å². The Kier molecular flexibility index (Phi) is 6.49. The van der Waals surface area contributed by atoms with Gasteiger partial charge in [-0.25, -0.2) is 13.5 Å². The summed E-state index contributed by atoms with van der Waals surface area (Å²) in [4.78, 5) is 24.1. The molecule has 0 fully saturated rings. The van der Waals surface area contributed by atoms with Crippen molar-refractivity contribution in [2.45, 2.75) is 32.9 Å². The number of aromatic nitrogens is 2. The Hall–Kier alpha value is -3.35. The highest BCUT2D eigenvalue weighted by molar-refractivity contribution is 5.75. The minimum absolute atomic E-state index is 0.000340. The summed E-state index contributed by atoms with van der Waals surface area (Å²) in [5.74, 6) is -1.75. The second-order valence-corrected chi connectivity index (χ2v) is 6.63. The van der Waals surface area contributed by atoms with Gasteiger partial charge in [0, 0.05) is 30.7 Å². The molecule has 0 aliphatic heterocycles. The van der Waals surface area contributed by atoms with Crippen molar-refractivity contribution in [3.8, 4) is 11.3 Å². The van der Waals surface area contributed by atoms with Gasteiger partial charge < -0.3 is 5.32 Å². The molecule has 150 valence electrons. The van der Waals surface area contributed by atoms with E-state index in [0.717, 1.165) is 30.2 Å². The molecule has 3 aromatic rings. The summed E-state index contributed by atoms with van der Waals surface area (Å²) >= 11 is 0. The summed E-state index contributed by atoms with van der Waals surface area (Å²) in [6, 6.07) is 14.1. The van der Waals surface area contributed by atoms with Gasteiger partial charge in [-0.3, -0.25) is 9.59 Å². The van der Waals surface area contributed by atoms with Gasteiger partial charge in [0.05, 0.1) is 12.2 Å². The Bertz CT molecular complexity index is 1040. The van der Waals surface area contributed by atoms with Gasteiger partial charge >= 0.3 is 0 Å². The molecule has 0 saturated heterocycles. The smallest absolute Gasteiger partial charge is 0.266 e. The van der Waals surface area contributed by atoms with Crippen LogP contribution in [-0.4, -0.2) is 15.7 Å². The molecule has 0 spiro atoms. The third kappa shape index (κ3) is 5.57. The van der Waals surface area contributed by atoms with E-state index in [4.69, 9.17) is 0 Å². The van der Waals surface area contributed by atoms with Gasteiger partial charge in [0.1, 0.15) is 11.6 Å². The molecule has 1 amide bonds. The van der Waals surface area contributed by atoms with Crippen LogP contribution in [0.25, 0.3) is 11.3 Å². The number of hydrogen-bond donors (Lipinski definition) is 1. The lowest BCUT2D eigenvalue weighted by Crippen LogP contribution is -2.28. The zero-order chi connectivity index (χ0) is 20.8. The number of halogens is 2. The molecule has 0 radical (unpaired) electrons. The number of aryl methyl sites for hydroxylation is 2. The highest BCUT2D eigenvalue weighted by Crippen LogP contribution is 2.16. The van der Waals surface area contributed by atoms with Crippen LogP contribution in [0.15, 0.2) is 59.4 Å². The molecule has 0 atom stereocenters. The van der Waals surface area contributed by atoms with E-state index in [1.54, 1.807) is 6.07 Å². The predicted octanol–water partition coefficient (Wildman–Crippen LogP) is 3.46. The quantitative estimate of drug-likeness (QED) is 0.664. The number of nitrogens with zero attached hydrogens (tertiary/aromatic N) is 2. The molecular formula is C22H21F2N3O2. The molecule has 2 aromatic carbocycles. The van der Waals surface area contributed by atoms with Gasteiger partial charge in [-0.05, 0) is 35.7 Å². The fourth-order valence-corrected chi connectivity index (χ4v) is 2.88. The summed E-state index contributed by atoms with van der Waals surface area (Å²) in [6.07, 6.45) is 0.952. The zero-order valence-corrected chi connectivity index (χ0v) is 16.0. The van der Waals surface area contributed by atoms with Crippen LogP contribution in [0, 0.1) is 11.6 Å². The van der Waals surface area contributed by atoms with E-state index in [9.17, 15) is 18.4 Å². The Morgan fingerprint density at radius 3 is 2.34 bits per heavy atom. The van der Waals surface area contributed by atoms with Crippen molar-refractivity contribution >= 4 is 5.91 Å². The van der Waals surface area contributed by atoms with Gasteiger partial charge in [-0.15, -0.1) is 0 Å². The molecule has 0 aliphatic rings. The SMILES string of the molecule is CCc1ccc(-c2ccc(=O)n(CCC(=O)NCc3cc(F)cc(F)c3)n2)cc1. The maximum Gasteiger partial charge on any atom is 0.266 e. The topological polar surface area (TPSA) is 64.0 Å². The van der Waals surface area contributed by atoms with Crippen LogP contribution >= 0.6 is 0 Å². The average Bonchev–Trinajstić information content (AvgIpc) is 2.71. The summed E-state index contributed by atoms with van der Waals surface area (Å²) in [5.41, 5.74) is 2.75. The summed E-state index contributed by atoms with van der Waals surface area (Å²) < 4.78 is 27.6. The lowest BCUT2D eigenvalue weighted by Gasteiger charge is -2.09. The number of rotatable bonds is 7. The van der Waals surface area contributed by atoms with Crippen molar-refractivity contribution in [3.05, 3.63) is 87.7 Å². The second kappa shape index (κ2) is 9.23. The van der Waals surface area contributed by atoms with Crippen LogP contribution in [0.5, 0.6) is 0 Å². The molecule has 0 aliphatic carbocycles. The minimum Gasteiger partial charge on any atom is -0.352 e. The number of amides is 1. The van der Waals surface area contributed by atoms with Crippen LogP contribution in [-0.2, 0) is 24.3 Å². The normalized spacial score (nSPS) is 10.7. The van der Waals surface area contributed by atoms with E-state index < -0.39 is 11.6 Å². The van der Waals surface area contributed by atoms with E-state index in [2.05, 4.69) is 17.3 Å². The highest BCUT2D eigenvalue weighted by atomic mass is 19.1. The molecule has 0 unspecified atom stereocenters. The van der Waals surface area contributed by atoms with Crippen LogP contribution in [0.3, 0.4) is 0 Å². The molecule has 5 nitrogen and oxygen atoms in total. The molecule has 29 heavy (non-hydrogen) atoms. The number of hydrogen-bond acceptors (Lipinski definition) is 3. The first-order chi connectivity index (χ1) is 13.9. The third-order valence-electron chi connectivity index (χ3n) is 4.49. The molecule has 7 heteroatoms. The maximum absolute atomic E-state index is 13.2. The average molecular weight is 397 g/mol. The monoisotopic (exact) mass is 397 g/mol. The van der Waals surface area contributed by atoms with Gasteiger partial charge in [0.2, 0.25) is 5.91 Å². The van der Waals surface area contributed by atoms with E-state index in [-0.39, 0.29) is 31.0 Å². The number of carbonyl (C=O) groups is 1. The first kappa shape index (κ1) is 20.4. The summed E-state index contributed by atoms with van der Waals surface area (Å²) in [7, 11) is 0. The maximum atomic E-state index is 13.2. The van der Waals surface area contributed by atoms with Gasteiger partial charge in [-0.2, -0.15) is 5.10 Å². The number of carbonyl (C=O) groups excluding carboxylic acids is 1. The highest BCUT2D eigenvalue weighted by Gasteiger charge is 2.08. The Morgan fingerprint density at radius 2 is 1.69 bits per heavy atom. The van der Waals surface area contributed by atoms with Crippen molar-refractivity contribution in [2.24, 2.45) is 0 Å². The Morgan fingerprint density at radius 1 is 1.00 bits per heavy atom. The van der Waals surface area contributed by atoms with Crippen LogP contribution in [0.4, 0.5) is 8.78 Å². The number of benzene rings is 2. The van der Waals surface area contributed by atoms with Crippen molar-refractivity contribution in [3.63, 3.8) is 0 Å². The largest absolute Gasteiger partial charge is 0.352 e. The molecular weight excluding hydrogens is 376 g/mol. The zero-order valence-electron chi connectivity index (χ0n) is 16.0. The Labute approximate surface area is 167 Å². The lowest BCUT2D eigenvalue weighted by atomic mass is 10.1. The Balaban J connectivity index is 1.62.